The second kappa shape index (κ2) is 5.05. The van der Waals surface area contributed by atoms with Gasteiger partial charge in [-0.25, -0.2) is 4.68 Å². The van der Waals surface area contributed by atoms with Gasteiger partial charge in [0.05, 0.1) is 23.0 Å². The number of alkyl halides is 1. The Morgan fingerprint density at radius 3 is 2.84 bits per heavy atom. The van der Waals surface area contributed by atoms with Crippen LogP contribution in [0.25, 0.3) is 5.69 Å². The van der Waals surface area contributed by atoms with Crippen molar-refractivity contribution >= 4 is 17.3 Å². The summed E-state index contributed by atoms with van der Waals surface area (Å²) >= 11 is 6.02. The zero-order valence-corrected chi connectivity index (χ0v) is 11.3. The first-order valence-corrected chi connectivity index (χ1v) is 6.65. The average molecular weight is 276 g/mol. The molecule has 0 saturated heterocycles. The van der Waals surface area contributed by atoms with Crippen molar-refractivity contribution in [2.24, 2.45) is 5.16 Å². The number of benzene rings is 1. The van der Waals surface area contributed by atoms with Crippen molar-refractivity contribution in [3.8, 4) is 5.69 Å². The molecular weight excluding hydrogens is 262 g/mol. The largest absolute Gasteiger partial charge is 0.390 e. The van der Waals surface area contributed by atoms with E-state index in [1.165, 1.54) is 0 Å². The molecule has 0 saturated carbocycles. The van der Waals surface area contributed by atoms with E-state index < -0.39 is 0 Å². The van der Waals surface area contributed by atoms with Crippen LogP contribution in [0.15, 0.2) is 47.9 Å². The van der Waals surface area contributed by atoms with Crippen LogP contribution >= 0.6 is 11.6 Å². The van der Waals surface area contributed by atoms with E-state index in [-0.39, 0.29) is 11.5 Å². The number of hydrogen-bond acceptors (Lipinski definition) is 3. The van der Waals surface area contributed by atoms with Crippen molar-refractivity contribution < 1.29 is 4.84 Å². The van der Waals surface area contributed by atoms with Gasteiger partial charge in [0, 0.05) is 18.2 Å². The van der Waals surface area contributed by atoms with Crippen LogP contribution in [0.3, 0.4) is 0 Å². The number of para-hydroxylation sites is 1. The molecule has 2 heterocycles. The van der Waals surface area contributed by atoms with E-state index in [4.69, 9.17) is 16.4 Å². The lowest BCUT2D eigenvalue weighted by molar-refractivity contribution is 0.0855. The number of halogens is 1. The third kappa shape index (κ3) is 2.49. The van der Waals surface area contributed by atoms with Gasteiger partial charge in [-0.15, -0.1) is 11.6 Å². The highest BCUT2D eigenvalue weighted by Crippen LogP contribution is 2.21. The molecule has 2 atom stereocenters. The van der Waals surface area contributed by atoms with Crippen LogP contribution in [0, 0.1) is 0 Å². The van der Waals surface area contributed by atoms with E-state index in [1.807, 2.05) is 48.1 Å². The van der Waals surface area contributed by atoms with Crippen molar-refractivity contribution in [3.05, 3.63) is 48.3 Å². The molecule has 1 aliphatic rings. The zero-order chi connectivity index (χ0) is 13.2. The topological polar surface area (TPSA) is 39.4 Å². The normalized spacial score (nSPS) is 19.9. The maximum Gasteiger partial charge on any atom is 0.149 e. The fourth-order valence-corrected chi connectivity index (χ4v) is 2.14. The first-order chi connectivity index (χ1) is 9.24. The second-order valence-corrected chi connectivity index (χ2v) is 5.26. The van der Waals surface area contributed by atoms with Crippen LogP contribution in [0.4, 0.5) is 0 Å². The van der Waals surface area contributed by atoms with Crippen LogP contribution in [0.1, 0.15) is 18.9 Å². The quantitative estimate of drug-likeness (QED) is 0.808. The summed E-state index contributed by atoms with van der Waals surface area (Å²) in [5, 5.41) is 8.39. The Morgan fingerprint density at radius 2 is 2.16 bits per heavy atom. The minimum atomic E-state index is -0.0505. The molecule has 3 rings (SSSR count). The van der Waals surface area contributed by atoms with Crippen molar-refractivity contribution in [1.29, 1.82) is 0 Å². The van der Waals surface area contributed by atoms with Crippen molar-refractivity contribution in [2.45, 2.75) is 24.8 Å². The highest BCUT2D eigenvalue weighted by molar-refractivity contribution is 6.21. The summed E-state index contributed by atoms with van der Waals surface area (Å²) in [6.07, 6.45) is 4.44. The van der Waals surface area contributed by atoms with E-state index in [9.17, 15) is 0 Å². The van der Waals surface area contributed by atoms with E-state index in [2.05, 4.69) is 10.3 Å². The molecule has 0 aliphatic carbocycles. The summed E-state index contributed by atoms with van der Waals surface area (Å²) in [5.74, 6) is 0. The maximum absolute atomic E-state index is 6.02. The van der Waals surface area contributed by atoms with Gasteiger partial charge in [0.2, 0.25) is 0 Å². The van der Waals surface area contributed by atoms with Crippen molar-refractivity contribution in [2.75, 3.05) is 0 Å². The molecule has 1 aliphatic heterocycles. The molecule has 0 N–H and O–H groups in total. The number of rotatable bonds is 3. The molecule has 5 heteroatoms. The molecule has 0 amide bonds. The number of aromatic nitrogens is 2. The summed E-state index contributed by atoms with van der Waals surface area (Å²) in [4.78, 5) is 5.32. The zero-order valence-electron chi connectivity index (χ0n) is 10.5. The molecule has 2 aromatic rings. The first-order valence-electron chi connectivity index (χ1n) is 6.21. The molecule has 2 unspecified atom stereocenters. The average Bonchev–Trinajstić information content (AvgIpc) is 3.09. The lowest BCUT2D eigenvalue weighted by atomic mass is 10.1. The van der Waals surface area contributed by atoms with Gasteiger partial charge in [0.1, 0.15) is 6.10 Å². The maximum atomic E-state index is 6.02. The summed E-state index contributed by atoms with van der Waals surface area (Å²) in [5.41, 5.74) is 2.90. The molecule has 4 nitrogen and oxygen atoms in total. The SMILES string of the molecule is CC(Cl)C1CC(c2cnn(-c3ccccc3)c2)=NO1. The molecular formula is C14H14ClN3O. The minimum Gasteiger partial charge on any atom is -0.390 e. The van der Waals surface area contributed by atoms with E-state index in [0.717, 1.165) is 23.4 Å². The molecule has 0 radical (unpaired) electrons. The lowest BCUT2D eigenvalue weighted by Gasteiger charge is -2.08. The van der Waals surface area contributed by atoms with E-state index in [0.29, 0.717) is 0 Å². The number of hydrogen-bond donors (Lipinski definition) is 0. The van der Waals surface area contributed by atoms with Crippen LogP contribution in [0.2, 0.25) is 0 Å². The first kappa shape index (κ1) is 12.2. The minimum absolute atomic E-state index is 0.0447. The van der Waals surface area contributed by atoms with Gasteiger partial charge in [0.25, 0.3) is 0 Å². The molecule has 98 valence electrons. The Labute approximate surface area is 116 Å². The van der Waals surface area contributed by atoms with Gasteiger partial charge < -0.3 is 4.84 Å². The van der Waals surface area contributed by atoms with Gasteiger partial charge in [-0.05, 0) is 19.1 Å². The second-order valence-electron chi connectivity index (χ2n) is 4.57. The van der Waals surface area contributed by atoms with Crippen molar-refractivity contribution in [3.63, 3.8) is 0 Å². The molecule has 0 spiro atoms. The fourth-order valence-electron chi connectivity index (χ4n) is 2.01. The summed E-state index contributed by atoms with van der Waals surface area (Å²) < 4.78 is 1.83. The summed E-state index contributed by atoms with van der Waals surface area (Å²) in [6, 6.07) is 9.96. The fraction of sp³-hybridized carbons (Fsp3) is 0.286. The number of oxime groups is 1. The lowest BCUT2D eigenvalue weighted by Crippen LogP contribution is -2.18. The Balaban J connectivity index is 1.80. The van der Waals surface area contributed by atoms with Gasteiger partial charge >= 0.3 is 0 Å². The van der Waals surface area contributed by atoms with Gasteiger partial charge in [0.15, 0.2) is 0 Å². The Bertz CT molecular complexity index is 592. The predicted octanol–water partition coefficient (Wildman–Crippen LogP) is 2.99. The van der Waals surface area contributed by atoms with Crippen LogP contribution in [-0.2, 0) is 4.84 Å². The summed E-state index contributed by atoms with van der Waals surface area (Å²) in [6.45, 7) is 1.91. The number of nitrogens with zero attached hydrogens (tertiary/aromatic N) is 3. The summed E-state index contributed by atoms with van der Waals surface area (Å²) in [7, 11) is 0. The van der Waals surface area contributed by atoms with Crippen LogP contribution < -0.4 is 0 Å². The molecule has 0 fully saturated rings. The Kier molecular flexibility index (Phi) is 3.25. The third-order valence-corrected chi connectivity index (χ3v) is 3.42. The standard InChI is InChI=1S/C14H14ClN3O/c1-10(15)14-7-13(17-19-14)11-8-16-18(9-11)12-5-3-2-4-6-12/h2-6,8-10,14H,7H2,1H3. The molecule has 1 aromatic carbocycles. The molecule has 19 heavy (non-hydrogen) atoms. The smallest absolute Gasteiger partial charge is 0.149 e. The van der Waals surface area contributed by atoms with E-state index in [1.54, 1.807) is 6.20 Å². The van der Waals surface area contributed by atoms with Gasteiger partial charge in [-0.2, -0.15) is 5.10 Å². The van der Waals surface area contributed by atoms with Crippen molar-refractivity contribution in [1.82, 2.24) is 9.78 Å². The molecule has 0 bridgehead atoms. The predicted molar refractivity (Wildman–Crippen MR) is 74.9 cm³/mol. The third-order valence-electron chi connectivity index (χ3n) is 3.14. The van der Waals surface area contributed by atoms with E-state index >= 15 is 0 Å². The monoisotopic (exact) mass is 275 g/mol. The van der Waals surface area contributed by atoms with Crippen LogP contribution in [-0.4, -0.2) is 27.0 Å². The highest BCUT2D eigenvalue weighted by atomic mass is 35.5. The Morgan fingerprint density at radius 1 is 1.37 bits per heavy atom. The van der Waals surface area contributed by atoms with Gasteiger partial charge in [-0.3, -0.25) is 0 Å². The highest BCUT2D eigenvalue weighted by Gasteiger charge is 2.26. The Hall–Kier alpha value is -1.81. The van der Waals surface area contributed by atoms with Crippen LogP contribution in [0.5, 0.6) is 0 Å². The van der Waals surface area contributed by atoms with Gasteiger partial charge in [-0.1, -0.05) is 23.4 Å². The molecule has 1 aromatic heterocycles.